The van der Waals surface area contributed by atoms with Gasteiger partial charge in [-0.15, -0.1) is 0 Å². The van der Waals surface area contributed by atoms with Gasteiger partial charge in [0.25, 0.3) is 5.91 Å². The molecule has 1 N–H and O–H groups in total. The smallest absolute Gasteiger partial charge is 0.325 e. The Labute approximate surface area is 114 Å². The first kappa shape index (κ1) is 14.4. The van der Waals surface area contributed by atoms with Crippen LogP contribution >= 0.6 is 0 Å². The molecule has 3 amide bonds. The number of benzene rings is 1. The van der Waals surface area contributed by atoms with Gasteiger partial charge in [-0.2, -0.15) is 0 Å². The first-order valence-electron chi connectivity index (χ1n) is 5.98. The number of hydrogen-bond acceptors (Lipinski definition) is 3. The number of hydrogen-bond donors (Lipinski definition) is 1. The molecule has 108 valence electrons. The molecule has 1 aliphatic heterocycles. The van der Waals surface area contributed by atoms with Crippen LogP contribution < -0.4 is 5.32 Å². The summed E-state index contributed by atoms with van der Waals surface area (Å²) in [6, 6.07) is 2.13. The van der Waals surface area contributed by atoms with Gasteiger partial charge < -0.3 is 10.1 Å². The van der Waals surface area contributed by atoms with Gasteiger partial charge in [-0.05, 0) is 25.1 Å². The number of nitrogens with zero attached hydrogens (tertiary/aromatic N) is 1. The summed E-state index contributed by atoms with van der Waals surface area (Å²) in [6.45, 7) is 1.56. The SMILES string of the molecule is COCCN1C(=O)NC(C)(c2cc(F)ccc2F)C1=O. The van der Waals surface area contributed by atoms with Crippen molar-refractivity contribution in [2.45, 2.75) is 12.5 Å². The molecule has 0 aliphatic carbocycles. The number of amides is 3. The molecule has 0 radical (unpaired) electrons. The predicted molar refractivity (Wildman–Crippen MR) is 65.8 cm³/mol. The molecule has 1 unspecified atom stereocenters. The van der Waals surface area contributed by atoms with Crippen molar-refractivity contribution in [1.29, 1.82) is 0 Å². The summed E-state index contributed by atoms with van der Waals surface area (Å²) in [5, 5.41) is 2.40. The van der Waals surface area contributed by atoms with E-state index in [1.165, 1.54) is 14.0 Å². The molecule has 1 heterocycles. The highest BCUT2D eigenvalue weighted by Crippen LogP contribution is 2.30. The summed E-state index contributed by atoms with van der Waals surface area (Å²) in [6.07, 6.45) is 0. The number of methoxy groups -OCH3 is 1. The van der Waals surface area contributed by atoms with E-state index < -0.39 is 29.1 Å². The van der Waals surface area contributed by atoms with Gasteiger partial charge >= 0.3 is 6.03 Å². The van der Waals surface area contributed by atoms with Gasteiger partial charge in [0.15, 0.2) is 0 Å². The second-order valence-electron chi connectivity index (χ2n) is 4.63. The Morgan fingerprint density at radius 3 is 2.70 bits per heavy atom. The van der Waals surface area contributed by atoms with Crippen LogP contribution in [0.1, 0.15) is 12.5 Å². The number of nitrogens with one attached hydrogen (secondary N) is 1. The van der Waals surface area contributed by atoms with E-state index in [4.69, 9.17) is 4.74 Å². The van der Waals surface area contributed by atoms with E-state index in [1.54, 1.807) is 0 Å². The Bertz CT molecular complexity index is 565. The fraction of sp³-hybridized carbons (Fsp3) is 0.385. The third-order valence-corrected chi connectivity index (χ3v) is 3.26. The quantitative estimate of drug-likeness (QED) is 0.850. The molecule has 7 heteroatoms. The van der Waals surface area contributed by atoms with Gasteiger partial charge in [-0.3, -0.25) is 9.69 Å². The summed E-state index contributed by atoms with van der Waals surface area (Å²) < 4.78 is 31.9. The van der Waals surface area contributed by atoms with Gasteiger partial charge in [-0.1, -0.05) is 0 Å². The average Bonchev–Trinajstić information content (AvgIpc) is 2.62. The Balaban J connectivity index is 2.38. The molecular formula is C13H14F2N2O3. The molecule has 1 aliphatic rings. The first-order valence-corrected chi connectivity index (χ1v) is 5.98. The van der Waals surface area contributed by atoms with E-state index in [2.05, 4.69) is 5.32 Å². The van der Waals surface area contributed by atoms with E-state index in [0.29, 0.717) is 0 Å². The van der Waals surface area contributed by atoms with Crippen molar-refractivity contribution in [3.05, 3.63) is 35.4 Å². The van der Waals surface area contributed by atoms with E-state index in [-0.39, 0.29) is 18.7 Å². The number of halogens is 2. The average molecular weight is 284 g/mol. The number of rotatable bonds is 4. The largest absolute Gasteiger partial charge is 0.383 e. The number of ether oxygens (including phenoxy) is 1. The van der Waals surface area contributed by atoms with Crippen molar-refractivity contribution >= 4 is 11.9 Å². The molecule has 1 aromatic carbocycles. The van der Waals surface area contributed by atoms with Gasteiger partial charge in [-0.25, -0.2) is 13.6 Å². The highest BCUT2D eigenvalue weighted by Gasteiger charge is 2.50. The van der Waals surface area contributed by atoms with Gasteiger partial charge in [0.2, 0.25) is 0 Å². The molecule has 2 rings (SSSR count). The number of urea groups is 1. The van der Waals surface area contributed by atoms with Crippen LogP contribution in [0.15, 0.2) is 18.2 Å². The van der Waals surface area contributed by atoms with Gasteiger partial charge in [0.1, 0.15) is 17.2 Å². The topological polar surface area (TPSA) is 58.6 Å². The molecule has 0 spiro atoms. The Morgan fingerprint density at radius 1 is 1.35 bits per heavy atom. The van der Waals surface area contributed by atoms with Gasteiger partial charge in [0, 0.05) is 12.7 Å². The van der Waals surface area contributed by atoms with Crippen molar-refractivity contribution in [1.82, 2.24) is 10.2 Å². The van der Waals surface area contributed by atoms with Crippen LogP contribution in [0, 0.1) is 11.6 Å². The highest BCUT2D eigenvalue weighted by atomic mass is 19.1. The van der Waals surface area contributed by atoms with Crippen LogP contribution in [0.3, 0.4) is 0 Å². The highest BCUT2D eigenvalue weighted by molar-refractivity contribution is 6.07. The van der Waals surface area contributed by atoms with E-state index in [1.807, 2.05) is 0 Å². The summed E-state index contributed by atoms with van der Waals surface area (Å²) in [5.41, 5.74) is -1.81. The minimum Gasteiger partial charge on any atom is -0.383 e. The third-order valence-electron chi connectivity index (χ3n) is 3.26. The van der Waals surface area contributed by atoms with Crippen molar-refractivity contribution in [3.63, 3.8) is 0 Å². The Hall–Kier alpha value is -2.02. The zero-order chi connectivity index (χ0) is 14.9. The lowest BCUT2D eigenvalue weighted by atomic mass is 9.91. The maximum absolute atomic E-state index is 13.8. The second kappa shape index (κ2) is 5.16. The number of imide groups is 1. The van der Waals surface area contributed by atoms with Crippen LogP contribution in [-0.2, 0) is 15.1 Å². The second-order valence-corrected chi connectivity index (χ2v) is 4.63. The van der Waals surface area contributed by atoms with E-state index >= 15 is 0 Å². The fourth-order valence-electron chi connectivity index (χ4n) is 2.15. The number of carbonyl (C=O) groups is 2. The van der Waals surface area contributed by atoms with Gasteiger partial charge in [0.05, 0.1) is 13.2 Å². The van der Waals surface area contributed by atoms with Crippen LogP contribution in [0.2, 0.25) is 0 Å². The molecule has 0 bridgehead atoms. The standard InChI is InChI=1S/C13H14F2N2O3/c1-13(9-7-8(14)3-4-10(9)15)11(18)17(5-6-20-2)12(19)16-13/h3-4,7H,5-6H2,1-2H3,(H,16,19). The monoisotopic (exact) mass is 284 g/mol. The molecule has 1 saturated heterocycles. The fourth-order valence-corrected chi connectivity index (χ4v) is 2.15. The minimum atomic E-state index is -1.61. The summed E-state index contributed by atoms with van der Waals surface area (Å²) in [7, 11) is 1.43. The van der Waals surface area contributed by atoms with Crippen LogP contribution in [0.4, 0.5) is 13.6 Å². The van der Waals surface area contributed by atoms with Crippen molar-refractivity contribution < 1.29 is 23.1 Å². The zero-order valence-electron chi connectivity index (χ0n) is 11.1. The normalized spacial score (nSPS) is 22.3. The molecule has 0 aromatic heterocycles. The van der Waals surface area contributed by atoms with Crippen LogP contribution in [-0.4, -0.2) is 37.1 Å². The lowest BCUT2D eigenvalue weighted by Crippen LogP contribution is -2.42. The molecule has 0 saturated carbocycles. The molecule has 1 atom stereocenters. The molecule has 1 fully saturated rings. The van der Waals surface area contributed by atoms with Crippen molar-refractivity contribution in [3.8, 4) is 0 Å². The predicted octanol–water partition coefficient (Wildman–Crippen LogP) is 1.38. The van der Waals surface area contributed by atoms with Crippen LogP contribution in [0.25, 0.3) is 0 Å². The summed E-state index contributed by atoms with van der Waals surface area (Å²) >= 11 is 0. The molecular weight excluding hydrogens is 270 g/mol. The van der Waals surface area contributed by atoms with Crippen molar-refractivity contribution in [2.24, 2.45) is 0 Å². The van der Waals surface area contributed by atoms with Crippen molar-refractivity contribution in [2.75, 3.05) is 20.3 Å². The maximum Gasteiger partial charge on any atom is 0.325 e. The molecule has 20 heavy (non-hydrogen) atoms. The Kier molecular flexibility index (Phi) is 3.71. The lowest BCUT2D eigenvalue weighted by Gasteiger charge is -2.22. The zero-order valence-corrected chi connectivity index (χ0v) is 11.1. The first-order chi connectivity index (χ1) is 9.40. The summed E-state index contributed by atoms with van der Waals surface area (Å²) in [5.74, 6) is -2.07. The molecule has 1 aromatic rings. The summed E-state index contributed by atoms with van der Waals surface area (Å²) in [4.78, 5) is 25.0. The number of carbonyl (C=O) groups excluding carboxylic acids is 2. The van der Waals surface area contributed by atoms with E-state index in [9.17, 15) is 18.4 Å². The minimum absolute atomic E-state index is 0.0493. The lowest BCUT2D eigenvalue weighted by molar-refractivity contribution is -0.131. The van der Waals surface area contributed by atoms with E-state index in [0.717, 1.165) is 23.1 Å². The molecule has 5 nitrogen and oxygen atoms in total. The van der Waals surface area contributed by atoms with Crippen LogP contribution in [0.5, 0.6) is 0 Å². The maximum atomic E-state index is 13.8. The third kappa shape index (κ3) is 2.24. The Morgan fingerprint density at radius 2 is 2.05 bits per heavy atom.